The van der Waals surface area contributed by atoms with Crippen molar-refractivity contribution in [3.63, 3.8) is 0 Å². The molecule has 0 saturated heterocycles. The molecular weight excluding hydrogens is 328 g/mol. The van der Waals surface area contributed by atoms with Gasteiger partial charge in [-0.2, -0.15) is 5.10 Å². The fraction of sp³-hybridized carbons (Fsp3) is 0.350. The van der Waals surface area contributed by atoms with Crippen molar-refractivity contribution in [2.75, 3.05) is 12.4 Å². The van der Waals surface area contributed by atoms with E-state index in [2.05, 4.69) is 26.6 Å². The fourth-order valence-electron chi connectivity index (χ4n) is 3.59. The highest BCUT2D eigenvalue weighted by Crippen LogP contribution is 2.28. The number of rotatable bonds is 4. The first-order valence-electron chi connectivity index (χ1n) is 8.95. The molecule has 0 bridgehead atoms. The lowest BCUT2D eigenvalue weighted by molar-refractivity contribution is -0.121. The van der Waals surface area contributed by atoms with Crippen LogP contribution in [0.4, 0.5) is 5.82 Å². The standard InChI is InChI=1S/C20H22N4O2/c1-26-18-6-4-13(5-7-18)20(25)24-19-9-16-8-14(17-11-22-23-12-17)2-3-15(16)10-21-19/h2-3,8-13,18H,4-7H2,1H3,(H,22,23)(H,21,24,25)/t13-,18-. The highest BCUT2D eigenvalue weighted by Gasteiger charge is 2.26. The van der Waals surface area contributed by atoms with Gasteiger partial charge in [0.2, 0.25) is 5.91 Å². The number of ether oxygens (including phenoxy) is 1. The number of methoxy groups -OCH3 is 1. The summed E-state index contributed by atoms with van der Waals surface area (Å²) in [6.07, 6.45) is 9.35. The molecule has 1 fully saturated rings. The first-order chi connectivity index (χ1) is 12.7. The van der Waals surface area contributed by atoms with Crippen LogP contribution < -0.4 is 5.32 Å². The maximum atomic E-state index is 12.5. The summed E-state index contributed by atoms with van der Waals surface area (Å²) in [6.45, 7) is 0. The van der Waals surface area contributed by atoms with Gasteiger partial charge in [-0.1, -0.05) is 12.1 Å². The SMILES string of the molecule is CO[C@H]1CC[C@H](C(=O)Nc2cc3cc(-c4cn[nH]c4)ccc3cn2)CC1. The first kappa shape index (κ1) is 16.7. The summed E-state index contributed by atoms with van der Waals surface area (Å²) >= 11 is 0. The van der Waals surface area contributed by atoms with Crippen LogP contribution in [0.2, 0.25) is 0 Å². The van der Waals surface area contributed by atoms with Crippen molar-refractivity contribution in [3.8, 4) is 11.1 Å². The zero-order valence-electron chi connectivity index (χ0n) is 14.7. The van der Waals surface area contributed by atoms with Crippen LogP contribution in [0.1, 0.15) is 25.7 Å². The predicted octanol–water partition coefficient (Wildman–Crippen LogP) is 3.77. The molecule has 1 saturated carbocycles. The molecule has 26 heavy (non-hydrogen) atoms. The Balaban J connectivity index is 1.50. The van der Waals surface area contributed by atoms with Gasteiger partial charge in [0.05, 0.1) is 12.3 Å². The van der Waals surface area contributed by atoms with Crippen LogP contribution in [-0.4, -0.2) is 34.3 Å². The van der Waals surface area contributed by atoms with Crippen molar-refractivity contribution in [3.05, 3.63) is 42.9 Å². The summed E-state index contributed by atoms with van der Waals surface area (Å²) in [6, 6.07) is 8.09. The number of hydrogen-bond donors (Lipinski definition) is 2. The second-order valence-electron chi connectivity index (χ2n) is 6.82. The molecule has 2 aromatic heterocycles. The third-order valence-electron chi connectivity index (χ3n) is 5.18. The van der Waals surface area contributed by atoms with Crippen molar-refractivity contribution in [1.29, 1.82) is 0 Å². The third-order valence-corrected chi connectivity index (χ3v) is 5.18. The number of fused-ring (bicyclic) bond motifs is 1. The number of benzene rings is 1. The normalized spacial score (nSPS) is 20.2. The van der Waals surface area contributed by atoms with Gasteiger partial charge >= 0.3 is 0 Å². The molecule has 0 atom stereocenters. The van der Waals surface area contributed by atoms with E-state index in [1.807, 2.05) is 24.4 Å². The third kappa shape index (κ3) is 3.46. The number of anilines is 1. The lowest BCUT2D eigenvalue weighted by Crippen LogP contribution is -2.29. The minimum atomic E-state index is 0.0381. The van der Waals surface area contributed by atoms with Crippen molar-refractivity contribution in [2.45, 2.75) is 31.8 Å². The molecule has 0 unspecified atom stereocenters. The molecule has 2 N–H and O–H groups in total. The molecule has 134 valence electrons. The van der Waals surface area contributed by atoms with E-state index in [1.54, 1.807) is 19.5 Å². The van der Waals surface area contributed by atoms with E-state index >= 15 is 0 Å². The summed E-state index contributed by atoms with van der Waals surface area (Å²) in [5.74, 6) is 0.689. The molecule has 3 aromatic rings. The van der Waals surface area contributed by atoms with Gasteiger partial charge < -0.3 is 10.1 Å². The smallest absolute Gasteiger partial charge is 0.228 e. The highest BCUT2D eigenvalue weighted by molar-refractivity contribution is 5.95. The molecule has 4 rings (SSSR count). The van der Waals surface area contributed by atoms with Gasteiger partial charge in [0.15, 0.2) is 0 Å². The first-order valence-corrected chi connectivity index (χ1v) is 8.95. The quantitative estimate of drug-likeness (QED) is 0.751. The number of carbonyl (C=O) groups excluding carboxylic acids is 1. The topological polar surface area (TPSA) is 79.9 Å². The Kier molecular flexibility index (Phi) is 4.67. The maximum Gasteiger partial charge on any atom is 0.228 e. The average molecular weight is 350 g/mol. The van der Waals surface area contributed by atoms with Crippen molar-refractivity contribution >= 4 is 22.5 Å². The Morgan fingerprint density at radius 2 is 1.96 bits per heavy atom. The fourth-order valence-corrected chi connectivity index (χ4v) is 3.59. The second kappa shape index (κ2) is 7.25. The number of aromatic nitrogens is 3. The molecule has 6 heteroatoms. The Hall–Kier alpha value is -2.73. The number of amides is 1. The molecule has 0 aliphatic heterocycles. The Bertz CT molecular complexity index is 899. The summed E-state index contributed by atoms with van der Waals surface area (Å²) < 4.78 is 5.38. The van der Waals surface area contributed by atoms with E-state index in [9.17, 15) is 4.79 Å². The second-order valence-corrected chi connectivity index (χ2v) is 6.82. The monoisotopic (exact) mass is 350 g/mol. The van der Waals surface area contributed by atoms with Crippen molar-refractivity contribution in [2.24, 2.45) is 5.92 Å². The summed E-state index contributed by atoms with van der Waals surface area (Å²) in [4.78, 5) is 16.9. The molecular formula is C20H22N4O2. The van der Waals surface area contributed by atoms with Crippen LogP contribution in [0.15, 0.2) is 42.9 Å². The lowest BCUT2D eigenvalue weighted by Gasteiger charge is -2.26. The van der Waals surface area contributed by atoms with Gasteiger partial charge in [-0.25, -0.2) is 4.98 Å². The molecule has 0 radical (unpaired) electrons. The number of carbonyl (C=O) groups is 1. The summed E-state index contributed by atoms with van der Waals surface area (Å²) in [5.41, 5.74) is 2.11. The Labute approximate surface area is 152 Å². The molecule has 1 amide bonds. The maximum absolute atomic E-state index is 12.5. The zero-order chi connectivity index (χ0) is 17.9. The van der Waals surface area contributed by atoms with E-state index < -0.39 is 0 Å². The van der Waals surface area contributed by atoms with Crippen LogP contribution >= 0.6 is 0 Å². The minimum Gasteiger partial charge on any atom is -0.381 e. The number of pyridine rings is 1. The highest BCUT2D eigenvalue weighted by atomic mass is 16.5. The Morgan fingerprint density at radius 1 is 1.12 bits per heavy atom. The van der Waals surface area contributed by atoms with Gasteiger partial charge in [-0.3, -0.25) is 9.89 Å². The van der Waals surface area contributed by atoms with E-state index in [4.69, 9.17) is 4.74 Å². The van der Waals surface area contributed by atoms with Crippen LogP contribution in [0.5, 0.6) is 0 Å². The minimum absolute atomic E-state index is 0.0381. The van der Waals surface area contributed by atoms with Crippen molar-refractivity contribution < 1.29 is 9.53 Å². The van der Waals surface area contributed by atoms with Gasteiger partial charge in [0.25, 0.3) is 0 Å². The summed E-state index contributed by atoms with van der Waals surface area (Å²) in [5, 5.41) is 11.9. The number of nitrogens with zero attached hydrogens (tertiary/aromatic N) is 2. The molecule has 1 aliphatic carbocycles. The van der Waals surface area contributed by atoms with Gasteiger partial charge in [-0.15, -0.1) is 0 Å². The number of nitrogens with one attached hydrogen (secondary N) is 2. The number of H-pyrrole nitrogens is 1. The van der Waals surface area contributed by atoms with E-state index in [-0.39, 0.29) is 11.8 Å². The average Bonchev–Trinajstić information content (AvgIpc) is 3.22. The van der Waals surface area contributed by atoms with Crippen LogP contribution in [0, 0.1) is 5.92 Å². The van der Waals surface area contributed by atoms with Gasteiger partial charge in [0.1, 0.15) is 5.82 Å². The lowest BCUT2D eigenvalue weighted by atomic mass is 9.87. The number of aromatic amines is 1. The largest absolute Gasteiger partial charge is 0.381 e. The van der Waals surface area contributed by atoms with Crippen molar-refractivity contribution in [1.82, 2.24) is 15.2 Å². The molecule has 1 aromatic carbocycles. The zero-order valence-corrected chi connectivity index (χ0v) is 14.7. The molecule has 1 aliphatic rings. The molecule has 6 nitrogen and oxygen atoms in total. The van der Waals surface area contributed by atoms with Crippen LogP contribution in [0.3, 0.4) is 0 Å². The predicted molar refractivity (Wildman–Crippen MR) is 101 cm³/mol. The molecule has 0 spiro atoms. The van der Waals surface area contributed by atoms with E-state index in [1.165, 1.54) is 0 Å². The van der Waals surface area contributed by atoms with E-state index in [0.29, 0.717) is 11.9 Å². The van der Waals surface area contributed by atoms with Gasteiger partial charge in [-0.05, 0) is 48.8 Å². The van der Waals surface area contributed by atoms with Gasteiger partial charge in [0, 0.05) is 36.4 Å². The summed E-state index contributed by atoms with van der Waals surface area (Å²) in [7, 11) is 1.74. The molecule has 2 heterocycles. The van der Waals surface area contributed by atoms with E-state index in [0.717, 1.165) is 47.6 Å². The van der Waals surface area contributed by atoms with Crippen LogP contribution in [0.25, 0.3) is 21.9 Å². The Morgan fingerprint density at radius 3 is 2.69 bits per heavy atom. The number of hydrogen-bond acceptors (Lipinski definition) is 4. The van der Waals surface area contributed by atoms with Crippen LogP contribution in [-0.2, 0) is 9.53 Å².